The lowest BCUT2D eigenvalue weighted by Crippen LogP contribution is -2.47. The summed E-state index contributed by atoms with van der Waals surface area (Å²) >= 11 is 1.36. The molecule has 0 saturated carbocycles. The number of aliphatic hydroxyl groups excluding tert-OH is 2. The fourth-order valence-corrected chi connectivity index (χ4v) is 1.96. The normalized spacial score (nSPS) is 10.7. The van der Waals surface area contributed by atoms with Gasteiger partial charge in [-0.3, -0.25) is 4.79 Å². The van der Waals surface area contributed by atoms with Gasteiger partial charge in [0.05, 0.1) is 22.6 Å². The molecule has 0 radical (unpaired) electrons. The first-order chi connectivity index (χ1) is 8.42. The molecule has 0 bridgehead atoms. The molecule has 1 rings (SSSR count). The standard InChI is InChI=1S/C13H17NO3S/c1-13(2,9-16)14(3)12(17)10-7-11(18-8-10)5-4-6-15/h7-8,15-16H,6,9H2,1-3H3. The summed E-state index contributed by atoms with van der Waals surface area (Å²) in [5.74, 6) is 5.15. The van der Waals surface area contributed by atoms with Crippen LogP contribution in [0, 0.1) is 11.8 Å². The Morgan fingerprint density at radius 1 is 1.50 bits per heavy atom. The second-order valence-corrected chi connectivity index (χ2v) is 5.41. The minimum absolute atomic E-state index is 0.101. The van der Waals surface area contributed by atoms with Gasteiger partial charge in [-0.05, 0) is 19.9 Å². The number of amides is 1. The molecule has 1 amide bonds. The Bertz CT molecular complexity index is 482. The number of carbonyl (C=O) groups is 1. The molecule has 18 heavy (non-hydrogen) atoms. The Morgan fingerprint density at radius 2 is 2.17 bits per heavy atom. The van der Waals surface area contributed by atoms with Crippen LogP contribution in [-0.4, -0.2) is 46.8 Å². The average molecular weight is 267 g/mol. The first-order valence-corrected chi connectivity index (χ1v) is 6.37. The molecule has 0 aliphatic heterocycles. The minimum atomic E-state index is -0.601. The third-order valence-electron chi connectivity index (χ3n) is 2.74. The summed E-state index contributed by atoms with van der Waals surface area (Å²) in [5, 5.41) is 19.6. The quantitative estimate of drug-likeness (QED) is 0.801. The molecule has 0 fully saturated rings. The van der Waals surface area contributed by atoms with Crippen LogP contribution in [0.15, 0.2) is 11.4 Å². The van der Waals surface area contributed by atoms with Gasteiger partial charge in [0.15, 0.2) is 0 Å². The van der Waals surface area contributed by atoms with Crippen molar-refractivity contribution in [2.24, 2.45) is 0 Å². The van der Waals surface area contributed by atoms with Crippen molar-refractivity contribution in [2.45, 2.75) is 19.4 Å². The van der Waals surface area contributed by atoms with Crippen molar-refractivity contribution in [3.63, 3.8) is 0 Å². The van der Waals surface area contributed by atoms with Gasteiger partial charge in [0.1, 0.15) is 6.61 Å². The highest BCUT2D eigenvalue weighted by Gasteiger charge is 2.27. The number of aliphatic hydroxyl groups is 2. The van der Waals surface area contributed by atoms with E-state index in [4.69, 9.17) is 5.11 Å². The van der Waals surface area contributed by atoms with Crippen LogP contribution >= 0.6 is 11.3 Å². The van der Waals surface area contributed by atoms with Gasteiger partial charge in [0, 0.05) is 12.4 Å². The summed E-state index contributed by atoms with van der Waals surface area (Å²) in [5.41, 5.74) is -0.0538. The molecule has 0 atom stereocenters. The van der Waals surface area contributed by atoms with Gasteiger partial charge in [0.2, 0.25) is 0 Å². The minimum Gasteiger partial charge on any atom is -0.394 e. The van der Waals surface area contributed by atoms with Crippen LogP contribution in [0.3, 0.4) is 0 Å². The zero-order valence-corrected chi connectivity index (χ0v) is 11.5. The van der Waals surface area contributed by atoms with Crippen molar-refractivity contribution in [3.8, 4) is 11.8 Å². The van der Waals surface area contributed by atoms with Crippen molar-refractivity contribution < 1.29 is 15.0 Å². The molecular weight excluding hydrogens is 250 g/mol. The monoisotopic (exact) mass is 267 g/mol. The van der Waals surface area contributed by atoms with Crippen LogP contribution < -0.4 is 0 Å². The first kappa shape index (κ1) is 14.7. The van der Waals surface area contributed by atoms with E-state index in [-0.39, 0.29) is 19.1 Å². The van der Waals surface area contributed by atoms with Gasteiger partial charge in [-0.2, -0.15) is 0 Å². The van der Waals surface area contributed by atoms with Gasteiger partial charge in [-0.1, -0.05) is 11.8 Å². The third kappa shape index (κ3) is 3.33. The molecular formula is C13H17NO3S. The number of likely N-dealkylation sites (N-methyl/N-ethyl adjacent to an activating group) is 1. The van der Waals surface area contributed by atoms with Crippen LogP contribution in [0.25, 0.3) is 0 Å². The Hall–Kier alpha value is -1.35. The Kier molecular flexibility index (Phi) is 4.91. The predicted octanol–water partition coefficient (Wildman–Crippen LogP) is 0.935. The third-order valence-corrected chi connectivity index (χ3v) is 3.58. The van der Waals surface area contributed by atoms with Crippen LogP contribution in [-0.2, 0) is 0 Å². The fraction of sp³-hybridized carbons (Fsp3) is 0.462. The Morgan fingerprint density at radius 3 is 2.72 bits per heavy atom. The van der Waals surface area contributed by atoms with E-state index in [1.54, 1.807) is 32.3 Å². The van der Waals surface area contributed by atoms with E-state index < -0.39 is 5.54 Å². The lowest BCUT2D eigenvalue weighted by molar-refractivity contribution is 0.0473. The summed E-state index contributed by atoms with van der Waals surface area (Å²) in [6, 6.07) is 1.69. The van der Waals surface area contributed by atoms with E-state index in [0.717, 1.165) is 4.88 Å². The lowest BCUT2D eigenvalue weighted by Gasteiger charge is -2.33. The average Bonchev–Trinajstić information content (AvgIpc) is 2.83. The highest BCUT2D eigenvalue weighted by Crippen LogP contribution is 2.19. The summed E-state index contributed by atoms with van der Waals surface area (Å²) in [7, 11) is 1.66. The summed E-state index contributed by atoms with van der Waals surface area (Å²) in [6.45, 7) is 3.29. The number of thiophene rings is 1. The predicted molar refractivity (Wildman–Crippen MR) is 71.5 cm³/mol. The molecule has 5 heteroatoms. The molecule has 0 saturated heterocycles. The first-order valence-electron chi connectivity index (χ1n) is 5.49. The van der Waals surface area contributed by atoms with Crippen molar-refractivity contribution in [2.75, 3.05) is 20.3 Å². The molecule has 0 aliphatic carbocycles. The molecule has 1 heterocycles. The van der Waals surface area contributed by atoms with Crippen molar-refractivity contribution in [1.29, 1.82) is 0 Å². The number of nitrogens with zero attached hydrogens (tertiary/aromatic N) is 1. The maximum atomic E-state index is 12.2. The molecule has 0 unspecified atom stereocenters. The smallest absolute Gasteiger partial charge is 0.255 e. The summed E-state index contributed by atoms with van der Waals surface area (Å²) in [6.07, 6.45) is 0. The van der Waals surface area contributed by atoms with E-state index in [1.807, 2.05) is 0 Å². The van der Waals surface area contributed by atoms with E-state index in [9.17, 15) is 9.90 Å². The number of carbonyl (C=O) groups excluding carboxylic acids is 1. The van der Waals surface area contributed by atoms with Gasteiger partial charge in [-0.25, -0.2) is 0 Å². The fourth-order valence-electron chi connectivity index (χ4n) is 1.22. The van der Waals surface area contributed by atoms with Crippen LogP contribution in [0.5, 0.6) is 0 Å². The zero-order chi connectivity index (χ0) is 13.8. The second kappa shape index (κ2) is 6.01. The summed E-state index contributed by atoms with van der Waals surface area (Å²) in [4.78, 5) is 14.4. The Labute approximate surface area is 111 Å². The number of hydrogen-bond donors (Lipinski definition) is 2. The zero-order valence-electron chi connectivity index (χ0n) is 10.7. The van der Waals surface area contributed by atoms with E-state index in [0.29, 0.717) is 5.56 Å². The van der Waals surface area contributed by atoms with Crippen LogP contribution in [0.2, 0.25) is 0 Å². The lowest BCUT2D eigenvalue weighted by atomic mass is 10.0. The maximum Gasteiger partial charge on any atom is 0.255 e. The summed E-state index contributed by atoms with van der Waals surface area (Å²) < 4.78 is 0. The largest absolute Gasteiger partial charge is 0.394 e. The van der Waals surface area contributed by atoms with Gasteiger partial charge >= 0.3 is 0 Å². The highest BCUT2D eigenvalue weighted by molar-refractivity contribution is 7.10. The number of hydrogen-bond acceptors (Lipinski definition) is 4. The molecule has 2 N–H and O–H groups in total. The number of rotatable bonds is 3. The van der Waals surface area contributed by atoms with E-state index in [2.05, 4.69) is 11.8 Å². The van der Waals surface area contributed by atoms with Gasteiger partial charge < -0.3 is 15.1 Å². The molecule has 0 spiro atoms. The topological polar surface area (TPSA) is 60.8 Å². The highest BCUT2D eigenvalue weighted by atomic mass is 32.1. The van der Waals surface area contributed by atoms with Gasteiger partial charge in [-0.15, -0.1) is 11.3 Å². The molecule has 4 nitrogen and oxygen atoms in total. The molecule has 0 aliphatic rings. The molecule has 0 aromatic carbocycles. The van der Waals surface area contributed by atoms with Crippen molar-refractivity contribution >= 4 is 17.2 Å². The van der Waals surface area contributed by atoms with Crippen LogP contribution in [0.4, 0.5) is 0 Å². The van der Waals surface area contributed by atoms with Crippen LogP contribution in [0.1, 0.15) is 29.1 Å². The second-order valence-electron chi connectivity index (χ2n) is 4.49. The van der Waals surface area contributed by atoms with Crippen molar-refractivity contribution in [3.05, 3.63) is 21.9 Å². The molecule has 1 aromatic rings. The molecule has 98 valence electrons. The Balaban J connectivity index is 2.88. The maximum absolute atomic E-state index is 12.2. The van der Waals surface area contributed by atoms with Gasteiger partial charge in [0.25, 0.3) is 5.91 Å². The molecule has 1 aromatic heterocycles. The van der Waals surface area contributed by atoms with E-state index in [1.165, 1.54) is 16.2 Å². The van der Waals surface area contributed by atoms with Crippen molar-refractivity contribution in [1.82, 2.24) is 4.90 Å². The van der Waals surface area contributed by atoms with E-state index >= 15 is 0 Å². The SMILES string of the molecule is CN(C(=O)c1csc(C#CCO)c1)C(C)(C)CO.